The lowest BCUT2D eigenvalue weighted by Gasteiger charge is -2.23. The van der Waals surface area contributed by atoms with Gasteiger partial charge in [0.15, 0.2) is 0 Å². The van der Waals surface area contributed by atoms with Crippen molar-refractivity contribution in [3.05, 3.63) is 65.2 Å². The summed E-state index contributed by atoms with van der Waals surface area (Å²) >= 11 is 0. The largest absolute Gasteiger partial charge is 0.507 e. The summed E-state index contributed by atoms with van der Waals surface area (Å²) in [4.78, 5) is 54.8. The van der Waals surface area contributed by atoms with E-state index in [4.69, 9.17) is 0 Å². The van der Waals surface area contributed by atoms with Crippen LogP contribution in [0.5, 0.6) is 5.75 Å². The molecule has 166 valence electrons. The maximum Gasteiger partial charge on any atom is 0.261 e. The lowest BCUT2D eigenvalue weighted by atomic mass is 10.1. The average Bonchev–Trinajstić information content (AvgIpc) is 2.96. The van der Waals surface area contributed by atoms with Crippen LogP contribution in [0.15, 0.2) is 48.5 Å². The first-order chi connectivity index (χ1) is 15.5. The minimum atomic E-state index is -0.314. The van der Waals surface area contributed by atoms with Crippen LogP contribution in [0.4, 0.5) is 0 Å². The van der Waals surface area contributed by atoms with Gasteiger partial charge in [-0.15, -0.1) is 0 Å². The first-order valence-corrected chi connectivity index (χ1v) is 10.8. The van der Waals surface area contributed by atoms with Gasteiger partial charge >= 0.3 is 0 Å². The van der Waals surface area contributed by atoms with Gasteiger partial charge in [0, 0.05) is 39.1 Å². The van der Waals surface area contributed by atoms with Gasteiger partial charge in [-0.2, -0.15) is 0 Å². The molecule has 4 amide bonds. The summed E-state index contributed by atoms with van der Waals surface area (Å²) in [5.41, 5.74) is 1.07. The van der Waals surface area contributed by atoms with Gasteiger partial charge in [-0.25, -0.2) is 0 Å². The van der Waals surface area contributed by atoms with Crippen molar-refractivity contribution >= 4 is 23.6 Å². The quantitative estimate of drug-likeness (QED) is 0.726. The summed E-state index contributed by atoms with van der Waals surface area (Å²) in [7, 11) is 0. The number of carbonyl (C=O) groups is 4. The number of imide groups is 1. The Morgan fingerprint density at radius 2 is 1.41 bits per heavy atom. The number of hydrogen-bond acceptors (Lipinski definition) is 5. The normalized spacial score (nSPS) is 16.2. The predicted molar refractivity (Wildman–Crippen MR) is 116 cm³/mol. The first kappa shape index (κ1) is 21.5. The van der Waals surface area contributed by atoms with Gasteiger partial charge in [0.1, 0.15) is 5.75 Å². The van der Waals surface area contributed by atoms with E-state index in [-0.39, 0.29) is 47.9 Å². The number of amides is 4. The van der Waals surface area contributed by atoms with E-state index in [0.29, 0.717) is 50.1 Å². The number of nitrogens with zero attached hydrogens (tertiary/aromatic N) is 3. The third-order valence-electron chi connectivity index (χ3n) is 5.92. The van der Waals surface area contributed by atoms with Crippen LogP contribution in [-0.2, 0) is 4.79 Å². The summed E-state index contributed by atoms with van der Waals surface area (Å²) in [6, 6.07) is 13.2. The number of aromatic hydroxyl groups is 1. The molecule has 4 rings (SSSR count). The van der Waals surface area contributed by atoms with Crippen LogP contribution in [-0.4, -0.2) is 76.2 Å². The second-order valence-corrected chi connectivity index (χ2v) is 7.95. The fourth-order valence-electron chi connectivity index (χ4n) is 4.18. The minimum absolute atomic E-state index is 0.0529. The van der Waals surface area contributed by atoms with E-state index in [1.54, 1.807) is 52.3 Å². The van der Waals surface area contributed by atoms with E-state index in [2.05, 4.69) is 0 Å². The number of hydrogen-bond donors (Lipinski definition) is 1. The molecule has 0 spiro atoms. The molecule has 0 aromatic heterocycles. The molecule has 0 atom stereocenters. The van der Waals surface area contributed by atoms with E-state index in [1.165, 1.54) is 11.0 Å². The van der Waals surface area contributed by atoms with Crippen LogP contribution < -0.4 is 0 Å². The highest BCUT2D eigenvalue weighted by Crippen LogP contribution is 2.23. The van der Waals surface area contributed by atoms with Crippen molar-refractivity contribution in [1.82, 2.24) is 14.7 Å². The molecule has 8 heteroatoms. The standard InChI is InChI=1S/C24H25N3O5/c28-20-10-4-3-9-19(20)22(30)26-13-6-12-25(15-16-26)21(29)11-5-14-27-23(31)17-7-1-2-8-18(17)24(27)32/h1-4,7-10,28H,5-6,11-16H2. The third kappa shape index (κ3) is 4.21. The second-order valence-electron chi connectivity index (χ2n) is 7.95. The number of benzene rings is 2. The van der Waals surface area contributed by atoms with Crippen molar-refractivity contribution < 1.29 is 24.3 Å². The molecular formula is C24H25N3O5. The zero-order valence-electron chi connectivity index (χ0n) is 17.7. The molecule has 2 aromatic rings. The minimum Gasteiger partial charge on any atom is -0.507 e. The van der Waals surface area contributed by atoms with E-state index in [0.717, 1.165) is 0 Å². The summed E-state index contributed by atoms with van der Waals surface area (Å²) in [6.07, 6.45) is 1.26. The van der Waals surface area contributed by atoms with Crippen molar-refractivity contribution in [2.45, 2.75) is 19.3 Å². The topological polar surface area (TPSA) is 98.2 Å². The Bertz CT molecular complexity index is 1030. The number of phenolic OH excluding ortho intramolecular Hbond substituents is 1. The summed E-state index contributed by atoms with van der Waals surface area (Å²) in [6.45, 7) is 2.04. The number of rotatable bonds is 5. The SMILES string of the molecule is O=C(CCCN1C(=O)c2ccccc2C1=O)N1CCCN(C(=O)c2ccccc2O)CC1. The molecule has 0 bridgehead atoms. The van der Waals surface area contributed by atoms with Crippen LogP contribution in [0.25, 0.3) is 0 Å². The van der Waals surface area contributed by atoms with Crippen molar-refractivity contribution in [1.29, 1.82) is 0 Å². The number of phenols is 1. The molecule has 2 aromatic carbocycles. The second kappa shape index (κ2) is 9.21. The van der Waals surface area contributed by atoms with Gasteiger partial charge in [-0.05, 0) is 37.1 Å². The molecule has 2 aliphatic heterocycles. The fourth-order valence-corrected chi connectivity index (χ4v) is 4.18. The molecule has 0 saturated carbocycles. The highest BCUT2D eigenvalue weighted by atomic mass is 16.3. The Labute approximate surface area is 186 Å². The summed E-state index contributed by atoms with van der Waals surface area (Å²) in [5, 5.41) is 9.94. The van der Waals surface area contributed by atoms with Crippen LogP contribution in [0.2, 0.25) is 0 Å². The summed E-state index contributed by atoms with van der Waals surface area (Å²) in [5.74, 6) is -0.985. The lowest BCUT2D eigenvalue weighted by Crippen LogP contribution is -2.38. The van der Waals surface area contributed by atoms with Gasteiger partial charge in [-0.1, -0.05) is 24.3 Å². The monoisotopic (exact) mass is 435 g/mol. The predicted octanol–water partition coefficient (Wildman–Crippen LogP) is 2.14. The number of fused-ring (bicyclic) bond motifs is 1. The number of para-hydroxylation sites is 1. The van der Waals surface area contributed by atoms with Crippen LogP contribution in [0.3, 0.4) is 0 Å². The fraction of sp³-hybridized carbons (Fsp3) is 0.333. The lowest BCUT2D eigenvalue weighted by molar-refractivity contribution is -0.131. The van der Waals surface area contributed by atoms with Crippen molar-refractivity contribution in [3.63, 3.8) is 0 Å². The Morgan fingerprint density at radius 1 is 0.812 bits per heavy atom. The molecule has 0 unspecified atom stereocenters. The smallest absolute Gasteiger partial charge is 0.261 e. The third-order valence-corrected chi connectivity index (χ3v) is 5.92. The number of carbonyl (C=O) groups excluding carboxylic acids is 4. The highest BCUT2D eigenvalue weighted by molar-refractivity contribution is 6.21. The van der Waals surface area contributed by atoms with Crippen LogP contribution in [0.1, 0.15) is 50.3 Å². The van der Waals surface area contributed by atoms with Crippen LogP contribution >= 0.6 is 0 Å². The maximum absolute atomic E-state index is 12.7. The Morgan fingerprint density at radius 3 is 2.09 bits per heavy atom. The first-order valence-electron chi connectivity index (χ1n) is 10.8. The van der Waals surface area contributed by atoms with Crippen molar-refractivity contribution in [2.75, 3.05) is 32.7 Å². The Kier molecular flexibility index (Phi) is 6.20. The van der Waals surface area contributed by atoms with E-state index < -0.39 is 0 Å². The van der Waals surface area contributed by atoms with Crippen molar-refractivity contribution in [3.8, 4) is 5.75 Å². The molecule has 2 aliphatic rings. The average molecular weight is 435 g/mol. The van der Waals surface area contributed by atoms with Crippen LogP contribution in [0, 0.1) is 0 Å². The molecule has 0 aliphatic carbocycles. The van der Waals surface area contributed by atoms with E-state index >= 15 is 0 Å². The van der Waals surface area contributed by atoms with Gasteiger partial charge < -0.3 is 14.9 Å². The Balaban J connectivity index is 1.28. The zero-order valence-corrected chi connectivity index (χ0v) is 17.7. The molecule has 8 nitrogen and oxygen atoms in total. The van der Waals surface area contributed by atoms with Gasteiger partial charge in [0.25, 0.3) is 17.7 Å². The van der Waals surface area contributed by atoms with Gasteiger partial charge in [0.05, 0.1) is 16.7 Å². The molecule has 1 N–H and O–H groups in total. The molecule has 1 saturated heterocycles. The zero-order chi connectivity index (χ0) is 22.7. The van der Waals surface area contributed by atoms with Crippen molar-refractivity contribution in [2.24, 2.45) is 0 Å². The highest BCUT2D eigenvalue weighted by Gasteiger charge is 2.34. The Hall–Kier alpha value is -3.68. The molecule has 32 heavy (non-hydrogen) atoms. The molecule has 2 heterocycles. The maximum atomic E-state index is 12.7. The van der Waals surface area contributed by atoms with E-state index in [1.807, 2.05) is 0 Å². The summed E-state index contributed by atoms with van der Waals surface area (Å²) < 4.78 is 0. The van der Waals surface area contributed by atoms with Gasteiger partial charge in [-0.3, -0.25) is 24.1 Å². The van der Waals surface area contributed by atoms with Gasteiger partial charge in [0.2, 0.25) is 5.91 Å². The molecule has 0 radical (unpaired) electrons. The molecular weight excluding hydrogens is 410 g/mol. The van der Waals surface area contributed by atoms with E-state index in [9.17, 15) is 24.3 Å². The molecule has 1 fully saturated rings.